The zero-order valence-electron chi connectivity index (χ0n) is 20.8. The number of aliphatic hydroxyl groups is 2. The van der Waals surface area contributed by atoms with Crippen LogP contribution in [-0.2, 0) is 35.7 Å². The first-order chi connectivity index (χ1) is 17.0. The van der Waals surface area contributed by atoms with Crippen LogP contribution in [0.5, 0.6) is 11.5 Å². The lowest BCUT2D eigenvalue weighted by Gasteiger charge is -2.61. The lowest BCUT2D eigenvalue weighted by Crippen LogP contribution is -2.74. The number of piperidine rings is 1. The number of methoxy groups -OCH3 is 1. The Kier molecular flexibility index (Phi) is 5.89. The van der Waals surface area contributed by atoms with Crippen molar-refractivity contribution in [3.63, 3.8) is 0 Å². The Bertz CT molecular complexity index is 1160. The van der Waals surface area contributed by atoms with Gasteiger partial charge >= 0.3 is 11.9 Å². The molecule has 1 saturated heterocycles. The summed E-state index contributed by atoms with van der Waals surface area (Å²) in [6.45, 7) is 3.40. The number of hydrogen-bond acceptors (Lipinski definition) is 10. The molecule has 6 atom stereocenters. The number of esters is 2. The van der Waals surface area contributed by atoms with Crippen LogP contribution in [0.3, 0.4) is 0 Å². The number of hydrogen-bond donors (Lipinski definition) is 2. The second-order valence-corrected chi connectivity index (χ2v) is 10.2. The molecule has 1 fully saturated rings. The van der Waals surface area contributed by atoms with Gasteiger partial charge in [0.05, 0.1) is 24.5 Å². The summed E-state index contributed by atoms with van der Waals surface area (Å²) in [6.07, 6.45) is -1.14. The zero-order chi connectivity index (χ0) is 26.0. The molecule has 2 heterocycles. The fraction of sp³-hybridized carbons (Fsp3) is 0.577. The van der Waals surface area contributed by atoms with Crippen LogP contribution >= 0.6 is 0 Å². The SMILES string of the molecule is COc1ccc2c3c1O[C@H]1C(OC(=O)[C@@H](O)CC(=O)O[C@@H](C)C(C)=O)=CC[C@@]4(O)[C@@H](C2)N(C)CC[C@]314. The summed E-state index contributed by atoms with van der Waals surface area (Å²) in [5, 5.41) is 22.5. The van der Waals surface area contributed by atoms with E-state index in [0.717, 1.165) is 11.1 Å². The number of Topliss-reactive ketones (excluding diaryl/α,β-unsaturated/α-hetero) is 1. The fourth-order valence-electron chi connectivity index (χ4n) is 6.34. The van der Waals surface area contributed by atoms with Gasteiger partial charge in [-0.2, -0.15) is 0 Å². The highest BCUT2D eigenvalue weighted by Gasteiger charge is 2.72. The quantitative estimate of drug-likeness (QED) is 0.517. The van der Waals surface area contributed by atoms with Crippen LogP contribution in [0.15, 0.2) is 24.0 Å². The standard InChI is InChI=1S/C26H31NO9/c1-13(28)14(2)34-20(30)12-16(29)24(31)35-18-7-8-26(32)19-11-15-5-6-17(33-4)22-21(15)25(26,23(18)36-22)9-10-27(19)3/h5-7,14,16,19,23,29,32H,8-12H2,1-4H3/t14-,16-,19+,23-,25-,26+/m0/s1. The summed E-state index contributed by atoms with van der Waals surface area (Å²) in [5.41, 5.74) is -0.0596. The summed E-state index contributed by atoms with van der Waals surface area (Å²) in [6, 6.07) is 3.69. The van der Waals surface area contributed by atoms with E-state index in [1.54, 1.807) is 13.2 Å². The van der Waals surface area contributed by atoms with Crippen molar-refractivity contribution in [3.8, 4) is 11.5 Å². The maximum atomic E-state index is 12.8. The molecule has 0 saturated carbocycles. The van der Waals surface area contributed by atoms with Gasteiger partial charge < -0.3 is 34.1 Å². The number of aliphatic hydroxyl groups excluding tert-OH is 1. The van der Waals surface area contributed by atoms with Crippen LogP contribution in [0.4, 0.5) is 0 Å². The minimum absolute atomic E-state index is 0.152. The molecule has 2 N–H and O–H groups in total. The third-order valence-electron chi connectivity index (χ3n) is 8.29. The predicted octanol–water partition coefficient (Wildman–Crippen LogP) is 0.788. The highest BCUT2D eigenvalue weighted by atomic mass is 16.6. The van der Waals surface area contributed by atoms with Crippen molar-refractivity contribution in [2.45, 2.75) is 74.9 Å². The van der Waals surface area contributed by atoms with Crippen molar-refractivity contribution in [3.05, 3.63) is 35.1 Å². The van der Waals surface area contributed by atoms with E-state index in [4.69, 9.17) is 18.9 Å². The van der Waals surface area contributed by atoms with Crippen LogP contribution in [0.1, 0.15) is 44.2 Å². The van der Waals surface area contributed by atoms with Gasteiger partial charge in [-0.1, -0.05) is 6.07 Å². The first-order valence-electron chi connectivity index (χ1n) is 12.1. The molecular formula is C26H31NO9. The van der Waals surface area contributed by atoms with E-state index in [9.17, 15) is 24.6 Å². The Hall–Kier alpha value is -2.95. The molecule has 36 heavy (non-hydrogen) atoms. The van der Waals surface area contributed by atoms with E-state index in [1.807, 2.05) is 19.2 Å². The van der Waals surface area contributed by atoms with Gasteiger partial charge in [-0.15, -0.1) is 0 Å². The normalized spacial score (nSPS) is 31.3. The molecule has 1 spiro atoms. The third kappa shape index (κ3) is 3.38. The molecular weight excluding hydrogens is 470 g/mol. The molecule has 194 valence electrons. The average molecular weight is 502 g/mol. The number of nitrogens with zero attached hydrogens (tertiary/aromatic N) is 1. The summed E-state index contributed by atoms with van der Waals surface area (Å²) in [5.74, 6) is -1.03. The molecule has 0 amide bonds. The molecule has 2 aliphatic heterocycles. The van der Waals surface area contributed by atoms with Crippen molar-refractivity contribution in [1.29, 1.82) is 0 Å². The molecule has 0 aromatic heterocycles. The van der Waals surface area contributed by atoms with Crippen LogP contribution in [0.2, 0.25) is 0 Å². The van der Waals surface area contributed by atoms with Gasteiger partial charge in [-0.3, -0.25) is 9.59 Å². The van der Waals surface area contributed by atoms with Gasteiger partial charge in [-0.25, -0.2) is 4.79 Å². The largest absolute Gasteiger partial charge is 0.493 e. The molecule has 2 bridgehead atoms. The number of benzene rings is 1. The number of rotatable bonds is 7. The van der Waals surface area contributed by atoms with Crippen molar-refractivity contribution in [1.82, 2.24) is 4.90 Å². The Morgan fingerprint density at radius 1 is 1.31 bits per heavy atom. The van der Waals surface area contributed by atoms with Gasteiger partial charge in [0.1, 0.15) is 5.76 Å². The minimum Gasteiger partial charge on any atom is -0.493 e. The Morgan fingerprint density at radius 3 is 2.75 bits per heavy atom. The molecule has 10 nitrogen and oxygen atoms in total. The molecule has 0 radical (unpaired) electrons. The maximum absolute atomic E-state index is 12.8. The second-order valence-electron chi connectivity index (χ2n) is 10.2. The van der Waals surface area contributed by atoms with Gasteiger partial charge in [0.25, 0.3) is 0 Å². The minimum atomic E-state index is -1.79. The van der Waals surface area contributed by atoms with E-state index in [2.05, 4.69) is 4.90 Å². The second kappa shape index (κ2) is 8.57. The summed E-state index contributed by atoms with van der Waals surface area (Å²) < 4.78 is 22.5. The molecule has 10 heteroatoms. The predicted molar refractivity (Wildman–Crippen MR) is 124 cm³/mol. The average Bonchev–Trinajstić information content (AvgIpc) is 3.18. The van der Waals surface area contributed by atoms with Crippen molar-refractivity contribution in [2.24, 2.45) is 0 Å². The Morgan fingerprint density at radius 2 is 2.06 bits per heavy atom. The maximum Gasteiger partial charge on any atom is 0.340 e. The molecule has 2 aliphatic carbocycles. The summed E-state index contributed by atoms with van der Waals surface area (Å²) >= 11 is 0. The van der Waals surface area contributed by atoms with E-state index in [1.165, 1.54) is 13.8 Å². The van der Waals surface area contributed by atoms with E-state index in [0.29, 0.717) is 30.9 Å². The monoisotopic (exact) mass is 501 g/mol. The number of ether oxygens (including phenoxy) is 4. The summed E-state index contributed by atoms with van der Waals surface area (Å²) in [7, 11) is 3.55. The first kappa shape index (κ1) is 24.7. The molecule has 5 rings (SSSR count). The fourth-order valence-corrected chi connectivity index (χ4v) is 6.34. The number of likely N-dealkylation sites (N-methyl/N-ethyl adjacent to an activating group) is 1. The van der Waals surface area contributed by atoms with E-state index >= 15 is 0 Å². The first-order valence-corrected chi connectivity index (χ1v) is 12.1. The van der Waals surface area contributed by atoms with Crippen molar-refractivity contribution < 1.29 is 43.5 Å². The molecule has 4 aliphatic rings. The van der Waals surface area contributed by atoms with Gasteiger partial charge in [-0.05, 0) is 58.0 Å². The lowest BCUT2D eigenvalue weighted by atomic mass is 9.50. The van der Waals surface area contributed by atoms with E-state index < -0.39 is 47.7 Å². The third-order valence-corrected chi connectivity index (χ3v) is 8.29. The number of ketones is 1. The highest BCUT2D eigenvalue weighted by molar-refractivity contribution is 5.85. The van der Waals surface area contributed by atoms with Crippen LogP contribution in [0.25, 0.3) is 0 Å². The number of likely N-dealkylation sites (tertiary alicyclic amines) is 1. The van der Waals surface area contributed by atoms with Gasteiger partial charge in [0.15, 0.2) is 35.6 Å². The van der Waals surface area contributed by atoms with E-state index in [-0.39, 0.29) is 24.0 Å². The number of carbonyl (C=O) groups excluding carboxylic acids is 3. The zero-order valence-corrected chi connectivity index (χ0v) is 20.8. The van der Waals surface area contributed by atoms with Gasteiger partial charge in [0.2, 0.25) is 0 Å². The summed E-state index contributed by atoms with van der Waals surface area (Å²) in [4.78, 5) is 38.3. The van der Waals surface area contributed by atoms with Gasteiger partial charge in [0, 0.05) is 18.0 Å². The van der Waals surface area contributed by atoms with Crippen molar-refractivity contribution in [2.75, 3.05) is 20.7 Å². The van der Waals surface area contributed by atoms with Crippen molar-refractivity contribution >= 4 is 17.7 Å². The Labute approximate surface area is 208 Å². The topological polar surface area (TPSA) is 132 Å². The van der Waals surface area contributed by atoms with Crippen LogP contribution < -0.4 is 9.47 Å². The molecule has 1 aromatic carbocycles. The molecule has 0 unspecified atom stereocenters. The highest BCUT2D eigenvalue weighted by Crippen LogP contribution is 2.65. The smallest absolute Gasteiger partial charge is 0.340 e. The molecule has 1 aromatic rings. The number of carbonyl (C=O) groups is 3. The van der Waals surface area contributed by atoms with Crippen LogP contribution in [0, 0.1) is 0 Å². The lowest BCUT2D eigenvalue weighted by molar-refractivity contribution is -0.173. The van der Waals surface area contributed by atoms with Crippen LogP contribution in [-0.4, -0.2) is 83.5 Å². The Balaban J connectivity index is 1.44.